The fourth-order valence-electron chi connectivity index (χ4n) is 3.48. The largest absolute Gasteiger partial charge is 0.350 e. The van der Waals surface area contributed by atoms with Crippen molar-refractivity contribution in [1.82, 2.24) is 0 Å². The van der Waals surface area contributed by atoms with Crippen molar-refractivity contribution in [2.75, 3.05) is 6.61 Å². The average molecular weight is 268 g/mol. The van der Waals surface area contributed by atoms with Crippen molar-refractivity contribution in [3.05, 3.63) is 0 Å². The summed E-state index contributed by atoms with van der Waals surface area (Å²) in [5, 5.41) is 0. The zero-order chi connectivity index (χ0) is 13.4. The van der Waals surface area contributed by atoms with Gasteiger partial charge in [-0.2, -0.15) is 0 Å². The Morgan fingerprint density at radius 2 is 1.68 bits per heavy atom. The maximum Gasteiger partial charge on any atom is 0.168 e. The average Bonchev–Trinajstić information content (AvgIpc) is 2.44. The first kappa shape index (κ1) is 15.3. The second-order valence-electron chi connectivity index (χ2n) is 6.40. The summed E-state index contributed by atoms with van der Waals surface area (Å²) in [5.41, 5.74) is 0. The van der Waals surface area contributed by atoms with Gasteiger partial charge in [-0.15, -0.1) is 0 Å². The Kier molecular flexibility index (Phi) is 6.66. The van der Waals surface area contributed by atoms with Crippen LogP contribution in [0.25, 0.3) is 0 Å². The lowest BCUT2D eigenvalue weighted by atomic mass is 9.92. The summed E-state index contributed by atoms with van der Waals surface area (Å²) in [7, 11) is 0. The lowest BCUT2D eigenvalue weighted by molar-refractivity contribution is -0.306. The number of unbranched alkanes of at least 4 members (excludes halogenated alkanes) is 5. The van der Waals surface area contributed by atoms with Crippen LogP contribution in [-0.2, 0) is 9.47 Å². The minimum Gasteiger partial charge on any atom is -0.350 e. The molecule has 1 saturated heterocycles. The first-order chi connectivity index (χ1) is 9.35. The summed E-state index contributed by atoms with van der Waals surface area (Å²) in [6.45, 7) is 3.19. The van der Waals surface area contributed by atoms with Crippen LogP contribution in [0.1, 0.15) is 90.4 Å². The summed E-state index contributed by atoms with van der Waals surface area (Å²) in [4.78, 5) is 0. The van der Waals surface area contributed by atoms with Crippen molar-refractivity contribution < 1.29 is 9.47 Å². The van der Waals surface area contributed by atoms with Crippen LogP contribution in [-0.4, -0.2) is 18.5 Å². The normalized spacial score (nSPS) is 26.7. The van der Waals surface area contributed by atoms with E-state index in [0.29, 0.717) is 6.10 Å². The van der Waals surface area contributed by atoms with E-state index in [1.165, 1.54) is 64.2 Å². The van der Waals surface area contributed by atoms with Crippen molar-refractivity contribution in [1.29, 1.82) is 0 Å². The molecule has 0 aromatic carbocycles. The third-order valence-electron chi connectivity index (χ3n) is 4.68. The van der Waals surface area contributed by atoms with E-state index < -0.39 is 0 Å². The van der Waals surface area contributed by atoms with Gasteiger partial charge in [-0.1, -0.05) is 51.9 Å². The predicted octanol–water partition coefficient (Wildman–Crippen LogP) is 5.20. The molecule has 2 fully saturated rings. The van der Waals surface area contributed by atoms with Gasteiger partial charge in [0.05, 0.1) is 12.7 Å². The van der Waals surface area contributed by atoms with Gasteiger partial charge in [0, 0.05) is 12.8 Å². The third-order valence-corrected chi connectivity index (χ3v) is 4.68. The highest BCUT2D eigenvalue weighted by molar-refractivity contribution is 4.80. The summed E-state index contributed by atoms with van der Waals surface area (Å²) in [6, 6.07) is 0. The van der Waals surface area contributed by atoms with Gasteiger partial charge in [0.25, 0.3) is 0 Å². The summed E-state index contributed by atoms with van der Waals surface area (Å²) < 4.78 is 12.3. The lowest BCUT2D eigenvalue weighted by Crippen LogP contribution is -2.46. The Balaban J connectivity index is 1.61. The molecule has 2 nitrogen and oxygen atoms in total. The molecule has 1 heterocycles. The third kappa shape index (κ3) is 5.07. The molecule has 0 N–H and O–H groups in total. The molecule has 0 amide bonds. The molecule has 1 saturated carbocycles. The molecule has 19 heavy (non-hydrogen) atoms. The van der Waals surface area contributed by atoms with E-state index in [0.717, 1.165) is 25.9 Å². The second kappa shape index (κ2) is 8.26. The van der Waals surface area contributed by atoms with Gasteiger partial charge in [-0.05, 0) is 25.7 Å². The van der Waals surface area contributed by atoms with Gasteiger partial charge in [0.2, 0.25) is 0 Å². The second-order valence-corrected chi connectivity index (χ2v) is 6.40. The van der Waals surface area contributed by atoms with Crippen LogP contribution in [0.4, 0.5) is 0 Å². The number of hydrogen-bond acceptors (Lipinski definition) is 2. The molecule has 0 radical (unpaired) electrons. The van der Waals surface area contributed by atoms with Gasteiger partial charge in [0.1, 0.15) is 0 Å². The highest BCUT2D eigenvalue weighted by Crippen LogP contribution is 2.37. The van der Waals surface area contributed by atoms with Crippen LogP contribution in [0.5, 0.6) is 0 Å². The zero-order valence-corrected chi connectivity index (χ0v) is 12.8. The van der Waals surface area contributed by atoms with Crippen molar-refractivity contribution in [2.24, 2.45) is 0 Å². The molecule has 2 aliphatic rings. The Hall–Kier alpha value is -0.0800. The highest BCUT2D eigenvalue weighted by Gasteiger charge is 2.39. The van der Waals surface area contributed by atoms with Crippen molar-refractivity contribution in [3.8, 4) is 0 Å². The van der Waals surface area contributed by atoms with E-state index in [1.54, 1.807) is 0 Å². The van der Waals surface area contributed by atoms with Crippen LogP contribution in [0.2, 0.25) is 0 Å². The first-order valence-corrected chi connectivity index (χ1v) is 8.66. The molecule has 1 unspecified atom stereocenters. The molecule has 1 aliphatic carbocycles. The molecule has 0 aromatic rings. The quantitative estimate of drug-likeness (QED) is 0.591. The van der Waals surface area contributed by atoms with Gasteiger partial charge < -0.3 is 9.47 Å². The fourth-order valence-corrected chi connectivity index (χ4v) is 3.48. The van der Waals surface area contributed by atoms with Gasteiger partial charge >= 0.3 is 0 Å². The smallest absolute Gasteiger partial charge is 0.168 e. The van der Waals surface area contributed by atoms with E-state index in [-0.39, 0.29) is 5.79 Å². The SMILES string of the molecule is CCCCCCCCC1CCOC2(CCCCC2)O1. The molecule has 1 spiro atoms. The van der Waals surface area contributed by atoms with E-state index in [1.807, 2.05) is 0 Å². The van der Waals surface area contributed by atoms with Gasteiger partial charge in [0.15, 0.2) is 5.79 Å². The molecular formula is C17H32O2. The molecule has 2 heteroatoms. The van der Waals surface area contributed by atoms with Crippen LogP contribution in [0.3, 0.4) is 0 Å². The van der Waals surface area contributed by atoms with Gasteiger partial charge in [-0.25, -0.2) is 0 Å². The maximum atomic E-state index is 6.32. The lowest BCUT2D eigenvalue weighted by Gasteiger charge is -2.43. The molecule has 112 valence electrons. The Morgan fingerprint density at radius 3 is 2.47 bits per heavy atom. The number of hydrogen-bond donors (Lipinski definition) is 0. The van der Waals surface area contributed by atoms with Crippen LogP contribution in [0.15, 0.2) is 0 Å². The number of ether oxygens (including phenoxy) is 2. The zero-order valence-electron chi connectivity index (χ0n) is 12.8. The molecule has 1 aliphatic heterocycles. The van der Waals surface area contributed by atoms with Crippen molar-refractivity contribution in [3.63, 3.8) is 0 Å². The van der Waals surface area contributed by atoms with E-state index in [2.05, 4.69) is 6.92 Å². The van der Waals surface area contributed by atoms with E-state index in [9.17, 15) is 0 Å². The molecule has 0 bridgehead atoms. The number of rotatable bonds is 7. The van der Waals surface area contributed by atoms with E-state index >= 15 is 0 Å². The molecule has 2 rings (SSSR count). The summed E-state index contributed by atoms with van der Waals surface area (Å²) in [5.74, 6) is -0.177. The first-order valence-electron chi connectivity index (χ1n) is 8.66. The van der Waals surface area contributed by atoms with Gasteiger partial charge in [-0.3, -0.25) is 0 Å². The molecule has 1 atom stereocenters. The molecular weight excluding hydrogens is 236 g/mol. The van der Waals surface area contributed by atoms with Crippen LogP contribution < -0.4 is 0 Å². The Labute approximate surface area is 119 Å². The van der Waals surface area contributed by atoms with Crippen LogP contribution in [0, 0.1) is 0 Å². The van der Waals surface area contributed by atoms with Crippen LogP contribution >= 0.6 is 0 Å². The fraction of sp³-hybridized carbons (Fsp3) is 1.00. The minimum atomic E-state index is -0.177. The highest BCUT2D eigenvalue weighted by atomic mass is 16.7. The monoisotopic (exact) mass is 268 g/mol. The predicted molar refractivity (Wildman–Crippen MR) is 79.3 cm³/mol. The van der Waals surface area contributed by atoms with Crippen molar-refractivity contribution in [2.45, 2.75) is 102 Å². The van der Waals surface area contributed by atoms with E-state index in [4.69, 9.17) is 9.47 Å². The van der Waals surface area contributed by atoms with Crippen molar-refractivity contribution >= 4 is 0 Å². The minimum absolute atomic E-state index is 0.177. The maximum absolute atomic E-state index is 6.32. The topological polar surface area (TPSA) is 18.5 Å². The standard InChI is InChI=1S/C17H32O2/c1-2-3-4-5-6-8-11-16-12-15-18-17(19-16)13-9-7-10-14-17/h16H,2-15H2,1H3. The summed E-state index contributed by atoms with van der Waals surface area (Å²) in [6.07, 6.45) is 17.3. The molecule has 0 aromatic heterocycles. The Morgan fingerprint density at radius 1 is 0.947 bits per heavy atom. The summed E-state index contributed by atoms with van der Waals surface area (Å²) >= 11 is 0. The Bertz CT molecular complexity index is 228.